The van der Waals surface area contributed by atoms with Gasteiger partial charge in [0.25, 0.3) is 5.91 Å². The number of aliphatic imine (C=N–C) groups is 1. The van der Waals surface area contributed by atoms with E-state index in [1.165, 1.54) is 23.8 Å². The van der Waals surface area contributed by atoms with E-state index in [-0.39, 0.29) is 22.4 Å². The van der Waals surface area contributed by atoms with Gasteiger partial charge in [0.1, 0.15) is 12.4 Å². The van der Waals surface area contributed by atoms with E-state index < -0.39 is 12.6 Å². The maximum atomic E-state index is 12.7. The van der Waals surface area contributed by atoms with Crippen LogP contribution in [-0.2, 0) is 9.59 Å². The summed E-state index contributed by atoms with van der Waals surface area (Å²) in [6.45, 7) is -0.666. The van der Waals surface area contributed by atoms with Gasteiger partial charge < -0.3 is 24.1 Å². The van der Waals surface area contributed by atoms with E-state index in [2.05, 4.69) is 4.99 Å². The molecule has 2 aromatic rings. The van der Waals surface area contributed by atoms with Crippen LogP contribution in [0.1, 0.15) is 5.56 Å². The van der Waals surface area contributed by atoms with E-state index in [0.717, 1.165) is 0 Å². The molecule has 0 atom stereocenters. The highest BCUT2D eigenvalue weighted by molar-refractivity contribution is 8.18. The number of amides is 1. The van der Waals surface area contributed by atoms with Crippen LogP contribution in [0.5, 0.6) is 17.2 Å². The third-order valence-electron chi connectivity index (χ3n) is 4.18. The fourth-order valence-electron chi connectivity index (χ4n) is 2.66. The van der Waals surface area contributed by atoms with Gasteiger partial charge in [-0.3, -0.25) is 9.69 Å². The predicted octanol–water partition coefficient (Wildman–Crippen LogP) is 2.72. The molecule has 2 aromatic carbocycles. The van der Waals surface area contributed by atoms with Crippen LogP contribution in [-0.4, -0.2) is 49.8 Å². The summed E-state index contributed by atoms with van der Waals surface area (Å²) < 4.78 is 15.5. The van der Waals surface area contributed by atoms with Gasteiger partial charge in [-0.1, -0.05) is 11.6 Å². The standard InChI is InChI=1S/C21H19ClN2O6S/c1-24-20(27)17(31-21(24)23-13-4-6-14(28-2)7-5-13)10-12-8-15(22)19(16(9-12)29-3)30-11-18(25)26/h4-10H,11H2,1-3H3,(H,25,26)/p-1/b17-10-,23-21?. The van der Waals surface area contributed by atoms with Gasteiger partial charge in [0.2, 0.25) is 0 Å². The van der Waals surface area contributed by atoms with Crippen molar-refractivity contribution in [3.05, 3.63) is 51.9 Å². The first-order valence-electron chi connectivity index (χ1n) is 8.93. The van der Waals surface area contributed by atoms with Crippen molar-refractivity contribution in [1.29, 1.82) is 0 Å². The number of halogens is 1. The van der Waals surface area contributed by atoms with Crippen LogP contribution in [0.4, 0.5) is 5.69 Å². The molecule has 0 aromatic heterocycles. The normalized spacial score (nSPS) is 16.1. The van der Waals surface area contributed by atoms with Gasteiger partial charge >= 0.3 is 0 Å². The molecule has 3 rings (SSSR count). The summed E-state index contributed by atoms with van der Waals surface area (Å²) in [5, 5.41) is 11.3. The Bertz CT molecular complexity index is 1070. The molecular weight excluding hydrogens is 444 g/mol. The first-order valence-corrected chi connectivity index (χ1v) is 10.1. The van der Waals surface area contributed by atoms with Crippen LogP contribution < -0.4 is 19.3 Å². The molecule has 0 unspecified atom stereocenters. The third-order valence-corrected chi connectivity index (χ3v) is 5.53. The number of hydrogen-bond donors (Lipinski definition) is 0. The van der Waals surface area contributed by atoms with Crippen molar-refractivity contribution in [2.24, 2.45) is 4.99 Å². The van der Waals surface area contributed by atoms with Gasteiger partial charge in [0.15, 0.2) is 16.7 Å². The van der Waals surface area contributed by atoms with Gasteiger partial charge in [0.05, 0.1) is 35.8 Å². The summed E-state index contributed by atoms with van der Waals surface area (Å²) in [5.74, 6) is -0.573. The Hall–Kier alpha value is -3.17. The van der Waals surface area contributed by atoms with Gasteiger partial charge in [-0.05, 0) is 59.8 Å². The molecule has 0 N–H and O–H groups in total. The van der Waals surface area contributed by atoms with E-state index >= 15 is 0 Å². The minimum Gasteiger partial charge on any atom is -0.546 e. The van der Waals surface area contributed by atoms with Crippen molar-refractivity contribution in [2.45, 2.75) is 0 Å². The molecule has 0 aliphatic carbocycles. The number of thioether (sulfide) groups is 1. The number of hydrogen-bond acceptors (Lipinski definition) is 8. The van der Waals surface area contributed by atoms with Crippen molar-refractivity contribution < 1.29 is 28.9 Å². The Morgan fingerprint density at radius 1 is 1.23 bits per heavy atom. The number of benzene rings is 2. The van der Waals surface area contributed by atoms with E-state index in [9.17, 15) is 14.7 Å². The summed E-state index contributed by atoms with van der Waals surface area (Å²) >= 11 is 7.44. The number of methoxy groups -OCH3 is 2. The first-order chi connectivity index (χ1) is 14.8. The van der Waals surface area contributed by atoms with Crippen LogP contribution >= 0.6 is 23.4 Å². The molecule has 0 radical (unpaired) electrons. The lowest BCUT2D eigenvalue weighted by Gasteiger charge is -2.13. The fraction of sp³-hybridized carbons (Fsp3) is 0.190. The quantitative estimate of drug-likeness (QED) is 0.584. The number of carboxylic acid groups (broad SMARTS) is 1. The summed E-state index contributed by atoms with van der Waals surface area (Å²) in [6, 6.07) is 10.3. The van der Waals surface area contributed by atoms with Crippen molar-refractivity contribution >= 4 is 52.2 Å². The summed E-state index contributed by atoms with van der Waals surface area (Å²) in [6.07, 6.45) is 1.65. The maximum Gasteiger partial charge on any atom is 0.266 e. The lowest BCUT2D eigenvalue weighted by atomic mass is 10.2. The molecule has 162 valence electrons. The number of aliphatic carboxylic acids is 1. The molecule has 1 heterocycles. The van der Waals surface area contributed by atoms with E-state index in [1.54, 1.807) is 56.6 Å². The minimum absolute atomic E-state index is 0.0831. The van der Waals surface area contributed by atoms with Gasteiger partial charge in [-0.2, -0.15) is 0 Å². The fourth-order valence-corrected chi connectivity index (χ4v) is 3.93. The van der Waals surface area contributed by atoms with Crippen LogP contribution in [0.2, 0.25) is 5.02 Å². The second-order valence-electron chi connectivity index (χ2n) is 6.26. The van der Waals surface area contributed by atoms with E-state index in [0.29, 0.717) is 27.1 Å². The molecule has 10 heteroatoms. The number of nitrogens with zero attached hydrogens (tertiary/aromatic N) is 2. The molecule has 0 bridgehead atoms. The number of carbonyl (C=O) groups is 2. The highest BCUT2D eigenvalue weighted by Crippen LogP contribution is 2.39. The molecule has 0 saturated carbocycles. The number of likely N-dealkylation sites (N-methyl/N-ethyl adjacent to an activating group) is 1. The third kappa shape index (κ3) is 5.31. The predicted molar refractivity (Wildman–Crippen MR) is 117 cm³/mol. The number of rotatable bonds is 7. The zero-order valence-electron chi connectivity index (χ0n) is 16.9. The topological polar surface area (TPSA) is 100 Å². The Morgan fingerprint density at radius 2 is 1.94 bits per heavy atom. The second-order valence-corrected chi connectivity index (χ2v) is 7.68. The lowest BCUT2D eigenvalue weighted by molar-refractivity contribution is -0.307. The number of carboxylic acids is 1. The molecular formula is C21H18ClN2O6S-. The summed E-state index contributed by atoms with van der Waals surface area (Å²) in [7, 11) is 4.63. The van der Waals surface area contributed by atoms with Gasteiger partial charge in [-0.15, -0.1) is 0 Å². The molecule has 31 heavy (non-hydrogen) atoms. The Balaban J connectivity index is 1.87. The zero-order valence-corrected chi connectivity index (χ0v) is 18.5. The number of ether oxygens (including phenoxy) is 3. The highest BCUT2D eigenvalue weighted by atomic mass is 35.5. The largest absolute Gasteiger partial charge is 0.546 e. The smallest absolute Gasteiger partial charge is 0.266 e. The van der Waals surface area contributed by atoms with Gasteiger partial charge in [-0.25, -0.2) is 4.99 Å². The van der Waals surface area contributed by atoms with Crippen molar-refractivity contribution in [3.63, 3.8) is 0 Å². The zero-order chi connectivity index (χ0) is 22.5. The first kappa shape index (κ1) is 22.5. The van der Waals surface area contributed by atoms with Crippen LogP contribution in [0.3, 0.4) is 0 Å². The van der Waals surface area contributed by atoms with Crippen molar-refractivity contribution in [2.75, 3.05) is 27.9 Å². The monoisotopic (exact) mass is 461 g/mol. The Kier molecular flexibility index (Phi) is 7.09. The van der Waals surface area contributed by atoms with E-state index in [4.69, 9.17) is 25.8 Å². The lowest BCUT2D eigenvalue weighted by Crippen LogP contribution is -2.29. The summed E-state index contributed by atoms with van der Waals surface area (Å²) in [4.78, 5) is 29.7. The average Bonchev–Trinajstić information content (AvgIpc) is 3.00. The van der Waals surface area contributed by atoms with Crippen molar-refractivity contribution in [3.8, 4) is 17.2 Å². The summed E-state index contributed by atoms with van der Waals surface area (Å²) in [5.41, 5.74) is 1.26. The maximum absolute atomic E-state index is 12.7. The molecule has 1 fully saturated rings. The number of carbonyl (C=O) groups excluding carboxylic acids is 2. The number of amidine groups is 1. The Labute approximate surface area is 188 Å². The van der Waals surface area contributed by atoms with Crippen LogP contribution in [0.25, 0.3) is 6.08 Å². The van der Waals surface area contributed by atoms with Gasteiger partial charge in [0, 0.05) is 7.05 Å². The molecule has 1 aliphatic heterocycles. The SMILES string of the molecule is COc1ccc(N=C2S/C(=C\c3cc(Cl)c(OCC(=O)[O-])c(OC)c3)C(=O)N2C)cc1. The van der Waals surface area contributed by atoms with Crippen LogP contribution in [0, 0.1) is 0 Å². The Morgan fingerprint density at radius 3 is 2.55 bits per heavy atom. The highest BCUT2D eigenvalue weighted by Gasteiger charge is 2.30. The average molecular weight is 462 g/mol. The molecule has 1 amide bonds. The van der Waals surface area contributed by atoms with E-state index in [1.807, 2.05) is 0 Å². The molecule has 0 spiro atoms. The molecule has 8 nitrogen and oxygen atoms in total. The second kappa shape index (κ2) is 9.76. The van der Waals surface area contributed by atoms with Crippen molar-refractivity contribution in [1.82, 2.24) is 4.90 Å². The van der Waals surface area contributed by atoms with Crippen LogP contribution in [0.15, 0.2) is 46.3 Å². The molecule has 1 saturated heterocycles. The molecule has 1 aliphatic rings. The minimum atomic E-state index is -1.39.